The largest absolute Gasteiger partial charge is 0.484 e. The summed E-state index contributed by atoms with van der Waals surface area (Å²) in [6.07, 6.45) is 6.25. The summed E-state index contributed by atoms with van der Waals surface area (Å²) in [7, 11) is -3.47. The Hall–Kier alpha value is -3.98. The van der Waals surface area contributed by atoms with Crippen LogP contribution in [0.25, 0.3) is 5.65 Å². The Kier molecular flexibility index (Phi) is 12.2. The Morgan fingerprint density at radius 2 is 1.61 bits per heavy atom. The van der Waals surface area contributed by atoms with Gasteiger partial charge in [0.25, 0.3) is 0 Å². The molecule has 12 nitrogen and oxygen atoms in total. The molecular weight excluding hydrogens is 755 g/mol. The molecule has 2 aromatic carbocycles. The van der Waals surface area contributed by atoms with Gasteiger partial charge in [-0.2, -0.15) is 0 Å². The predicted molar refractivity (Wildman–Crippen MR) is 231 cm³/mol. The zero-order valence-electron chi connectivity index (χ0n) is 35.6. The van der Waals surface area contributed by atoms with Crippen LogP contribution in [0.3, 0.4) is 0 Å². The van der Waals surface area contributed by atoms with E-state index in [4.69, 9.17) is 14.3 Å². The van der Waals surface area contributed by atoms with Crippen molar-refractivity contribution in [1.82, 2.24) is 24.8 Å². The van der Waals surface area contributed by atoms with E-state index in [1.165, 1.54) is 0 Å². The zero-order valence-corrected chi connectivity index (χ0v) is 37.5. The summed E-state index contributed by atoms with van der Waals surface area (Å²) in [6, 6.07) is 16.7. The van der Waals surface area contributed by atoms with Crippen LogP contribution in [-0.4, -0.2) is 68.7 Å². The minimum atomic E-state index is -3.51. The van der Waals surface area contributed by atoms with E-state index in [0.29, 0.717) is 47.4 Å². The molecule has 3 heterocycles. The first-order valence-corrected chi connectivity index (χ1v) is 24.4. The van der Waals surface area contributed by atoms with E-state index in [1.54, 1.807) is 12.1 Å². The zero-order chi connectivity index (χ0) is 41.5. The van der Waals surface area contributed by atoms with Gasteiger partial charge in [0.05, 0.1) is 30.8 Å². The van der Waals surface area contributed by atoms with Crippen molar-refractivity contribution in [2.75, 3.05) is 36.5 Å². The first-order valence-electron chi connectivity index (χ1n) is 20.4. The molecule has 2 amide bonds. The molecule has 0 saturated carbocycles. The number of anilines is 2. The van der Waals surface area contributed by atoms with E-state index < -0.39 is 23.9 Å². The molecule has 1 fully saturated rings. The summed E-state index contributed by atoms with van der Waals surface area (Å²) in [6.45, 7) is 21.6. The highest BCUT2D eigenvalue weighted by Crippen LogP contribution is 2.46. The third kappa shape index (κ3) is 8.89. The number of amides is 2. The summed E-state index contributed by atoms with van der Waals surface area (Å²) < 4.78 is 42.8. The number of likely N-dealkylation sites (N-methyl/N-ethyl adjacent to an activating group) is 1. The number of ether oxygens (including phenoxy) is 1. The van der Waals surface area contributed by atoms with Crippen molar-refractivity contribution in [3.05, 3.63) is 83.3 Å². The van der Waals surface area contributed by atoms with Crippen LogP contribution in [0.1, 0.15) is 123 Å². The van der Waals surface area contributed by atoms with Gasteiger partial charge in [-0.25, -0.2) is 13.2 Å². The van der Waals surface area contributed by atoms with Crippen molar-refractivity contribution in [1.29, 1.82) is 0 Å². The second-order valence-corrected chi connectivity index (χ2v) is 25.4. The van der Waals surface area contributed by atoms with Gasteiger partial charge >= 0.3 is 6.03 Å². The molecule has 1 saturated heterocycles. The van der Waals surface area contributed by atoms with Crippen molar-refractivity contribution in [2.24, 2.45) is 0 Å². The lowest BCUT2D eigenvalue weighted by Crippen LogP contribution is -2.53. The number of nitrogens with zero attached hydrogens (tertiary/aromatic N) is 4. The second-order valence-electron chi connectivity index (χ2n) is 18.2. The van der Waals surface area contributed by atoms with Crippen LogP contribution in [0, 0.1) is 0 Å². The first-order chi connectivity index (χ1) is 26.7. The van der Waals surface area contributed by atoms with Gasteiger partial charge in [-0.05, 0) is 108 Å². The number of rotatable bonds is 13. The molecule has 0 unspecified atom stereocenters. The Labute approximate surface area is 340 Å². The smallest absolute Gasteiger partial charge is 0.319 e. The van der Waals surface area contributed by atoms with Gasteiger partial charge in [-0.3, -0.25) is 14.0 Å². The number of aromatic nitrogens is 3. The maximum atomic E-state index is 13.5. The van der Waals surface area contributed by atoms with Crippen molar-refractivity contribution in [2.45, 2.75) is 128 Å². The van der Waals surface area contributed by atoms with Gasteiger partial charge in [0.1, 0.15) is 17.4 Å². The van der Waals surface area contributed by atoms with E-state index >= 15 is 0 Å². The van der Waals surface area contributed by atoms with Crippen molar-refractivity contribution < 1.29 is 22.4 Å². The van der Waals surface area contributed by atoms with Crippen molar-refractivity contribution >= 4 is 41.4 Å². The van der Waals surface area contributed by atoms with E-state index in [2.05, 4.69) is 84.4 Å². The highest BCUT2D eigenvalue weighted by molar-refractivity contribution is 7.92. The van der Waals surface area contributed by atoms with Crippen LogP contribution in [-0.2, 0) is 25.4 Å². The van der Waals surface area contributed by atoms with Gasteiger partial charge < -0.3 is 19.8 Å². The number of benzene rings is 2. The maximum Gasteiger partial charge on any atom is 0.319 e. The lowest BCUT2D eigenvalue weighted by molar-refractivity contribution is 0.0763. The summed E-state index contributed by atoms with van der Waals surface area (Å²) in [4.78, 5) is 15.9. The van der Waals surface area contributed by atoms with Crippen LogP contribution in [0.2, 0.25) is 16.6 Å². The number of hydrogen-bond acceptors (Lipinski definition) is 8. The van der Waals surface area contributed by atoms with Gasteiger partial charge in [0.2, 0.25) is 10.0 Å². The third-order valence-corrected chi connectivity index (χ3v) is 18.9. The number of urea groups is 1. The number of pyridine rings is 1. The van der Waals surface area contributed by atoms with Crippen LogP contribution in [0.15, 0.2) is 60.8 Å². The van der Waals surface area contributed by atoms with Crippen LogP contribution in [0.4, 0.5) is 16.2 Å². The Morgan fingerprint density at radius 3 is 2.23 bits per heavy atom. The van der Waals surface area contributed by atoms with E-state index in [1.807, 2.05) is 63.4 Å². The predicted octanol–water partition coefficient (Wildman–Crippen LogP) is 9.29. The molecule has 1 aliphatic carbocycles. The molecule has 57 heavy (non-hydrogen) atoms. The average molecular weight is 818 g/mol. The molecule has 6 rings (SSSR count). The quantitative estimate of drug-likeness (QED) is 0.114. The highest BCUT2D eigenvalue weighted by atomic mass is 32.2. The number of sulfonamides is 1. The summed E-state index contributed by atoms with van der Waals surface area (Å²) in [5.74, 6) is 1.60. The topological polar surface area (TPSA) is 139 Å². The molecule has 2 aromatic heterocycles. The fourth-order valence-corrected chi connectivity index (χ4v) is 15.5. The normalized spacial score (nSPS) is 20.7. The van der Waals surface area contributed by atoms with Crippen LogP contribution in [0.5, 0.6) is 5.75 Å². The fourth-order valence-electron chi connectivity index (χ4n) is 9.46. The molecule has 310 valence electrons. The Balaban J connectivity index is 1.22. The van der Waals surface area contributed by atoms with Gasteiger partial charge in [0.15, 0.2) is 19.8 Å². The van der Waals surface area contributed by atoms with Crippen LogP contribution >= 0.6 is 0 Å². The molecule has 4 aromatic rings. The molecule has 14 heteroatoms. The SMILES string of the molecule is CC(C)[Si](OC[C@@]1(c2nnc3ccc(O[C@@H]4CC[C@H](NC(=O)Nc5cc(NS(C)(=O)=O)cc(C(C)(C)C)c5)c5ccccc54)cn23)CCCN1C)(C(C)C)C(C)C. The number of hydrogen-bond donors (Lipinski definition) is 3. The van der Waals surface area contributed by atoms with E-state index in [9.17, 15) is 13.2 Å². The number of carbonyl (C=O) groups is 1. The van der Waals surface area contributed by atoms with Crippen molar-refractivity contribution in [3.63, 3.8) is 0 Å². The Morgan fingerprint density at radius 1 is 0.947 bits per heavy atom. The average Bonchev–Trinajstić information content (AvgIpc) is 3.71. The summed E-state index contributed by atoms with van der Waals surface area (Å²) in [5.41, 5.74) is 5.30. The lowest BCUT2D eigenvalue weighted by atomic mass is 9.85. The Bertz CT molecular complexity index is 2160. The monoisotopic (exact) mass is 817 g/mol. The first kappa shape index (κ1) is 42.6. The minimum Gasteiger partial charge on any atom is -0.484 e. The lowest BCUT2D eigenvalue weighted by Gasteiger charge is -2.45. The molecule has 0 bridgehead atoms. The highest BCUT2D eigenvalue weighted by Gasteiger charge is 2.50. The molecule has 0 spiro atoms. The summed E-state index contributed by atoms with van der Waals surface area (Å²) in [5, 5.41) is 15.6. The van der Waals surface area contributed by atoms with Gasteiger partial charge in [-0.1, -0.05) is 86.6 Å². The molecular formula is C43H63N7O5SSi. The molecule has 0 radical (unpaired) electrons. The molecule has 1 aliphatic heterocycles. The van der Waals surface area contributed by atoms with Crippen molar-refractivity contribution in [3.8, 4) is 5.75 Å². The molecule has 3 atom stereocenters. The minimum absolute atomic E-state index is 0.228. The third-order valence-electron chi connectivity index (χ3n) is 12.3. The molecule has 2 aliphatic rings. The molecule has 3 N–H and O–H groups in total. The number of nitrogens with one attached hydrogen (secondary N) is 3. The van der Waals surface area contributed by atoms with Crippen LogP contribution < -0.4 is 20.1 Å². The second kappa shape index (κ2) is 16.3. The standard InChI is InChI=1S/C43H63N7O5SSi/c1-28(2)57(29(3)4,30(5)6)54-27-43(21-14-22-49(43)10)40-47-46-39-20-17-34(26-50(39)40)55-38-19-18-37(35-15-12-13-16-36(35)38)45-41(51)44-32-23-31(42(7,8)9)24-33(25-32)48-56(11,52)53/h12-13,15-17,20,23-26,28-30,37-38,48H,14,18-19,21-22,27H2,1-11H3,(H2,44,45,51)/t37-,38+,43+/m0/s1. The van der Waals surface area contributed by atoms with E-state index in [0.717, 1.165) is 59.6 Å². The maximum absolute atomic E-state index is 13.5. The van der Waals surface area contributed by atoms with Gasteiger partial charge in [0, 0.05) is 5.69 Å². The number of carbonyl (C=O) groups excluding carboxylic acids is 1. The number of likely N-dealkylation sites (tertiary alicyclic amines) is 1. The number of fused-ring (bicyclic) bond motifs is 2. The van der Waals surface area contributed by atoms with Gasteiger partial charge in [-0.15, -0.1) is 10.2 Å². The summed E-state index contributed by atoms with van der Waals surface area (Å²) >= 11 is 0. The fraction of sp³-hybridized carbons (Fsp3) is 0.558. The van der Waals surface area contributed by atoms with E-state index in [-0.39, 0.29) is 23.6 Å².